The molecule has 0 fully saturated rings. The number of aryl methyl sites for hydroxylation is 4. The van der Waals surface area contributed by atoms with Crippen molar-refractivity contribution in [2.75, 3.05) is 10.7 Å². The number of benzene rings is 2. The first-order chi connectivity index (χ1) is 12.1. The normalized spacial score (nSPS) is 18.1. The molecule has 0 spiro atoms. The zero-order valence-corrected chi connectivity index (χ0v) is 16.3. The third kappa shape index (κ3) is 3.88. The Balaban J connectivity index is 2.11. The molecular weight excluding hydrogens is 346 g/mol. The lowest BCUT2D eigenvalue weighted by atomic mass is 10.0. The molecule has 4 nitrogen and oxygen atoms in total. The van der Waals surface area contributed by atoms with Crippen molar-refractivity contribution in [3.8, 4) is 0 Å². The number of carbonyl (C=O) groups excluding carboxylic acids is 1. The van der Waals surface area contributed by atoms with Crippen molar-refractivity contribution < 1.29 is 13.2 Å². The predicted molar refractivity (Wildman–Crippen MR) is 105 cm³/mol. The van der Waals surface area contributed by atoms with Crippen molar-refractivity contribution in [1.29, 1.82) is 0 Å². The van der Waals surface area contributed by atoms with Gasteiger partial charge >= 0.3 is 0 Å². The molecule has 1 aliphatic heterocycles. The van der Waals surface area contributed by atoms with E-state index in [1.807, 2.05) is 64.1 Å². The van der Waals surface area contributed by atoms with Crippen LogP contribution in [0.4, 0.5) is 5.69 Å². The molecule has 1 heterocycles. The molecule has 2 aromatic rings. The van der Waals surface area contributed by atoms with E-state index in [1.54, 1.807) is 11.0 Å². The second kappa shape index (κ2) is 6.72. The largest absolute Gasteiger partial charge is 0.300 e. The fourth-order valence-corrected chi connectivity index (χ4v) is 4.77. The third-order valence-corrected chi connectivity index (χ3v) is 5.79. The van der Waals surface area contributed by atoms with Gasteiger partial charge in [-0.15, -0.1) is 0 Å². The number of amides is 1. The topological polar surface area (TPSA) is 54.5 Å². The van der Waals surface area contributed by atoms with Crippen LogP contribution in [0.1, 0.15) is 32.6 Å². The first-order valence-electron chi connectivity index (χ1n) is 8.56. The van der Waals surface area contributed by atoms with Crippen LogP contribution in [0, 0.1) is 27.7 Å². The van der Waals surface area contributed by atoms with E-state index >= 15 is 0 Å². The van der Waals surface area contributed by atoms with Gasteiger partial charge in [-0.1, -0.05) is 23.3 Å². The van der Waals surface area contributed by atoms with Gasteiger partial charge in [0.25, 0.3) is 5.91 Å². The number of nitrogens with zero attached hydrogens (tertiary/aromatic N) is 1. The molecule has 1 aliphatic rings. The highest BCUT2D eigenvalue weighted by Gasteiger charge is 2.32. The predicted octanol–water partition coefficient (Wildman–Crippen LogP) is 3.88. The number of carbonyl (C=O) groups is 1. The Hall–Kier alpha value is -2.40. The molecule has 3 rings (SSSR count). The summed E-state index contributed by atoms with van der Waals surface area (Å²) < 4.78 is 23.9. The number of hydrogen-bond acceptors (Lipinski definition) is 3. The van der Waals surface area contributed by atoms with E-state index in [9.17, 15) is 13.2 Å². The Bertz CT molecular complexity index is 965. The number of rotatable bonds is 3. The summed E-state index contributed by atoms with van der Waals surface area (Å²) in [4.78, 5) is 15.0. The SMILES string of the molecule is Cc1cc(C)cc(C(=O)N(c2cc(C)cc(C)c2)[C@H]2C=CS(=O)(=O)C2)c1. The van der Waals surface area contributed by atoms with Crippen molar-refractivity contribution in [3.63, 3.8) is 0 Å². The van der Waals surface area contributed by atoms with Crippen LogP contribution < -0.4 is 4.90 Å². The Labute approximate surface area is 155 Å². The molecule has 5 heteroatoms. The lowest BCUT2D eigenvalue weighted by Gasteiger charge is -2.28. The second-order valence-electron chi connectivity index (χ2n) is 7.12. The molecular formula is C21H23NO3S. The first kappa shape index (κ1) is 18.4. The lowest BCUT2D eigenvalue weighted by Crippen LogP contribution is -2.41. The molecule has 136 valence electrons. The zero-order chi connectivity index (χ0) is 19.1. The Morgan fingerprint density at radius 2 is 1.38 bits per heavy atom. The molecule has 0 aromatic heterocycles. The highest BCUT2D eigenvalue weighted by Crippen LogP contribution is 2.27. The smallest absolute Gasteiger partial charge is 0.258 e. The summed E-state index contributed by atoms with van der Waals surface area (Å²) >= 11 is 0. The maximum Gasteiger partial charge on any atom is 0.258 e. The molecule has 0 saturated carbocycles. The average molecular weight is 369 g/mol. The van der Waals surface area contributed by atoms with E-state index in [1.165, 1.54) is 5.41 Å². The quantitative estimate of drug-likeness (QED) is 0.825. The van der Waals surface area contributed by atoms with Gasteiger partial charge in [-0.3, -0.25) is 4.79 Å². The molecule has 0 N–H and O–H groups in total. The van der Waals surface area contributed by atoms with Crippen LogP contribution in [0.15, 0.2) is 47.9 Å². The van der Waals surface area contributed by atoms with Crippen molar-refractivity contribution in [2.24, 2.45) is 0 Å². The van der Waals surface area contributed by atoms with E-state index in [-0.39, 0.29) is 11.7 Å². The molecule has 1 atom stereocenters. The van der Waals surface area contributed by atoms with Gasteiger partial charge in [0.1, 0.15) is 0 Å². The van der Waals surface area contributed by atoms with E-state index in [0.717, 1.165) is 27.9 Å². The van der Waals surface area contributed by atoms with Crippen LogP contribution in [-0.4, -0.2) is 26.1 Å². The van der Waals surface area contributed by atoms with E-state index < -0.39 is 15.9 Å². The number of hydrogen-bond donors (Lipinski definition) is 0. The molecule has 0 saturated heterocycles. The highest BCUT2D eigenvalue weighted by molar-refractivity contribution is 7.94. The van der Waals surface area contributed by atoms with Crippen molar-refractivity contribution in [3.05, 3.63) is 75.7 Å². The Morgan fingerprint density at radius 3 is 1.85 bits per heavy atom. The molecule has 0 unspecified atom stereocenters. The lowest BCUT2D eigenvalue weighted by molar-refractivity contribution is 0.0983. The van der Waals surface area contributed by atoms with Gasteiger partial charge in [-0.05, 0) is 69.2 Å². The summed E-state index contributed by atoms with van der Waals surface area (Å²) in [5, 5.41) is 1.21. The van der Waals surface area contributed by atoms with E-state index in [2.05, 4.69) is 0 Å². The summed E-state index contributed by atoms with van der Waals surface area (Å²) in [7, 11) is -3.28. The van der Waals surface area contributed by atoms with Crippen LogP contribution >= 0.6 is 0 Å². The maximum atomic E-state index is 13.4. The molecule has 0 radical (unpaired) electrons. The molecule has 26 heavy (non-hydrogen) atoms. The van der Waals surface area contributed by atoms with Crippen LogP contribution in [0.2, 0.25) is 0 Å². The highest BCUT2D eigenvalue weighted by atomic mass is 32.2. The molecule has 0 bridgehead atoms. The summed E-state index contributed by atoms with van der Waals surface area (Å²) in [6.45, 7) is 7.84. The number of sulfone groups is 1. The molecule has 1 amide bonds. The monoisotopic (exact) mass is 369 g/mol. The summed E-state index contributed by atoms with van der Waals surface area (Å²) in [5.74, 6) is -0.273. The minimum atomic E-state index is -3.28. The maximum absolute atomic E-state index is 13.4. The van der Waals surface area contributed by atoms with Crippen LogP contribution in [0.5, 0.6) is 0 Å². The van der Waals surface area contributed by atoms with E-state index in [0.29, 0.717) is 5.56 Å². The summed E-state index contributed by atoms with van der Waals surface area (Å²) in [6, 6.07) is 11.1. The van der Waals surface area contributed by atoms with Crippen LogP contribution in [-0.2, 0) is 9.84 Å². The Morgan fingerprint density at radius 1 is 0.885 bits per heavy atom. The molecule has 0 aliphatic carbocycles. The van der Waals surface area contributed by atoms with Crippen LogP contribution in [0.3, 0.4) is 0 Å². The van der Waals surface area contributed by atoms with Crippen molar-refractivity contribution in [2.45, 2.75) is 33.7 Å². The van der Waals surface area contributed by atoms with Crippen molar-refractivity contribution >= 4 is 21.4 Å². The van der Waals surface area contributed by atoms with Crippen molar-refractivity contribution in [1.82, 2.24) is 0 Å². The fourth-order valence-electron chi connectivity index (χ4n) is 3.51. The van der Waals surface area contributed by atoms with Gasteiger partial charge in [-0.2, -0.15) is 0 Å². The summed E-state index contributed by atoms with van der Waals surface area (Å²) in [6.07, 6.45) is 1.60. The summed E-state index contributed by atoms with van der Waals surface area (Å²) in [5.41, 5.74) is 5.36. The first-order valence-corrected chi connectivity index (χ1v) is 10.3. The van der Waals surface area contributed by atoms with Crippen LogP contribution in [0.25, 0.3) is 0 Å². The minimum Gasteiger partial charge on any atom is -0.300 e. The third-order valence-electron chi connectivity index (χ3n) is 4.41. The van der Waals surface area contributed by atoms with Gasteiger partial charge in [-0.25, -0.2) is 8.42 Å². The van der Waals surface area contributed by atoms with Gasteiger partial charge in [0.05, 0.1) is 11.8 Å². The van der Waals surface area contributed by atoms with E-state index in [4.69, 9.17) is 0 Å². The minimum absolute atomic E-state index is 0.0868. The zero-order valence-electron chi connectivity index (χ0n) is 15.5. The molecule has 2 aromatic carbocycles. The van der Waals surface area contributed by atoms with Gasteiger partial charge in [0, 0.05) is 16.7 Å². The number of anilines is 1. The van der Waals surface area contributed by atoms with Gasteiger partial charge < -0.3 is 4.90 Å². The van der Waals surface area contributed by atoms with Gasteiger partial charge in [0.15, 0.2) is 9.84 Å². The second-order valence-corrected chi connectivity index (χ2v) is 9.05. The standard InChI is InChI=1S/C21H23NO3S/c1-14-7-15(2)10-18(9-14)21(23)22(19-5-6-26(24,25)13-19)20-11-16(3)8-17(4)12-20/h5-12,19H,13H2,1-4H3/t19-/m0/s1. The average Bonchev–Trinajstić information content (AvgIpc) is 2.85. The van der Waals surface area contributed by atoms with Gasteiger partial charge in [0.2, 0.25) is 0 Å². The fraction of sp³-hybridized carbons (Fsp3) is 0.286. The Kier molecular flexibility index (Phi) is 4.76.